The van der Waals surface area contributed by atoms with Crippen LogP contribution >= 0.6 is 0 Å². The lowest BCUT2D eigenvalue weighted by molar-refractivity contribution is -0.141. The molecule has 0 bridgehead atoms. The van der Waals surface area contributed by atoms with E-state index in [0.29, 0.717) is 5.92 Å². The summed E-state index contributed by atoms with van der Waals surface area (Å²) in [6.45, 7) is 4.18. The van der Waals surface area contributed by atoms with Crippen LogP contribution in [0.4, 0.5) is 0 Å². The van der Waals surface area contributed by atoms with E-state index in [2.05, 4.69) is 18.6 Å². The maximum Gasteiger partial charge on any atom is 0.307 e. The molecule has 18 heavy (non-hydrogen) atoms. The Morgan fingerprint density at radius 1 is 1.33 bits per heavy atom. The highest BCUT2D eigenvalue weighted by Gasteiger charge is 2.15. The molecule has 4 nitrogen and oxygen atoms in total. The van der Waals surface area contributed by atoms with Crippen molar-refractivity contribution in [2.75, 3.05) is 14.2 Å². The lowest BCUT2D eigenvalue weighted by atomic mass is 9.96. The highest BCUT2D eigenvalue weighted by atomic mass is 16.5. The van der Waals surface area contributed by atoms with Gasteiger partial charge in [0.25, 0.3) is 0 Å². The average molecular weight is 251 g/mol. The molecule has 2 N–H and O–H groups in total. The van der Waals surface area contributed by atoms with Gasteiger partial charge in [-0.05, 0) is 23.1 Å². The smallest absolute Gasteiger partial charge is 0.307 e. The van der Waals surface area contributed by atoms with E-state index in [1.807, 2.05) is 18.2 Å². The average Bonchev–Trinajstić information content (AvgIpc) is 2.37. The van der Waals surface area contributed by atoms with Crippen LogP contribution in [0.3, 0.4) is 0 Å². The van der Waals surface area contributed by atoms with Gasteiger partial charge in [0, 0.05) is 6.04 Å². The minimum atomic E-state index is -0.346. The molecule has 0 aliphatic carbocycles. The number of carbonyl (C=O) groups is 1. The van der Waals surface area contributed by atoms with Crippen molar-refractivity contribution in [1.29, 1.82) is 0 Å². The molecule has 0 spiro atoms. The molecule has 0 aliphatic rings. The number of hydrogen-bond acceptors (Lipinski definition) is 4. The minimum absolute atomic E-state index is 0.181. The van der Waals surface area contributed by atoms with Crippen LogP contribution in [0, 0.1) is 0 Å². The minimum Gasteiger partial charge on any atom is -0.496 e. The standard InChI is InChI=1S/C14H21NO3/c1-9(2)11-7-10(5-6-13(11)17-3)12(15)8-14(16)18-4/h5-7,9,12H,8,15H2,1-4H3. The summed E-state index contributed by atoms with van der Waals surface area (Å²) in [5.74, 6) is 0.883. The van der Waals surface area contributed by atoms with Crippen LogP contribution in [0.15, 0.2) is 18.2 Å². The molecule has 1 unspecified atom stereocenters. The van der Waals surface area contributed by atoms with Crippen LogP contribution in [0.1, 0.15) is 43.4 Å². The van der Waals surface area contributed by atoms with Crippen molar-refractivity contribution < 1.29 is 14.3 Å². The summed E-state index contributed by atoms with van der Waals surface area (Å²) in [5, 5.41) is 0. The Morgan fingerprint density at radius 3 is 2.50 bits per heavy atom. The van der Waals surface area contributed by atoms with Crippen molar-refractivity contribution in [2.24, 2.45) is 5.73 Å². The number of hydrogen-bond donors (Lipinski definition) is 1. The van der Waals surface area contributed by atoms with Gasteiger partial charge in [0.05, 0.1) is 20.6 Å². The Labute approximate surface area is 108 Å². The van der Waals surface area contributed by atoms with E-state index in [1.165, 1.54) is 7.11 Å². The van der Waals surface area contributed by atoms with E-state index in [0.717, 1.165) is 16.9 Å². The molecule has 0 aromatic heterocycles. The molecule has 1 aromatic carbocycles. The first kappa shape index (κ1) is 14.5. The zero-order valence-electron chi connectivity index (χ0n) is 11.4. The summed E-state index contributed by atoms with van der Waals surface area (Å²) in [6, 6.07) is 5.43. The second-order valence-electron chi connectivity index (χ2n) is 4.54. The van der Waals surface area contributed by atoms with Crippen LogP contribution in [-0.2, 0) is 9.53 Å². The third-order valence-corrected chi connectivity index (χ3v) is 2.92. The monoisotopic (exact) mass is 251 g/mol. The first-order valence-corrected chi connectivity index (χ1v) is 5.99. The normalized spacial score (nSPS) is 12.3. The van der Waals surface area contributed by atoms with E-state index >= 15 is 0 Å². The van der Waals surface area contributed by atoms with Gasteiger partial charge in [0.2, 0.25) is 0 Å². The molecule has 0 saturated carbocycles. The second kappa shape index (κ2) is 6.40. The zero-order valence-corrected chi connectivity index (χ0v) is 11.4. The predicted molar refractivity (Wildman–Crippen MR) is 70.6 cm³/mol. The Balaban J connectivity index is 2.97. The summed E-state index contributed by atoms with van der Waals surface area (Å²) in [5.41, 5.74) is 8.00. The fourth-order valence-electron chi connectivity index (χ4n) is 1.82. The number of ether oxygens (including phenoxy) is 2. The van der Waals surface area contributed by atoms with Gasteiger partial charge in [-0.3, -0.25) is 4.79 Å². The van der Waals surface area contributed by atoms with Crippen molar-refractivity contribution in [3.05, 3.63) is 29.3 Å². The molecule has 1 rings (SSSR count). The van der Waals surface area contributed by atoms with Gasteiger partial charge in [-0.1, -0.05) is 26.0 Å². The van der Waals surface area contributed by atoms with Gasteiger partial charge in [-0.25, -0.2) is 0 Å². The van der Waals surface area contributed by atoms with Crippen LogP contribution in [-0.4, -0.2) is 20.2 Å². The van der Waals surface area contributed by atoms with Crippen molar-refractivity contribution in [1.82, 2.24) is 0 Å². The lowest BCUT2D eigenvalue weighted by Crippen LogP contribution is -2.16. The van der Waals surface area contributed by atoms with Gasteiger partial charge in [0.1, 0.15) is 5.75 Å². The van der Waals surface area contributed by atoms with E-state index in [1.54, 1.807) is 7.11 Å². The summed E-state index contributed by atoms with van der Waals surface area (Å²) in [7, 11) is 3.01. The summed E-state index contributed by atoms with van der Waals surface area (Å²) in [6.07, 6.45) is 0.181. The fraction of sp³-hybridized carbons (Fsp3) is 0.500. The van der Waals surface area contributed by atoms with Crippen LogP contribution in [0.5, 0.6) is 5.75 Å². The predicted octanol–water partition coefficient (Wildman–Crippen LogP) is 2.38. The van der Waals surface area contributed by atoms with Gasteiger partial charge in [0.15, 0.2) is 0 Å². The molecule has 100 valence electrons. The maximum atomic E-state index is 11.2. The van der Waals surface area contributed by atoms with Crippen LogP contribution in [0.25, 0.3) is 0 Å². The number of benzene rings is 1. The molecule has 0 amide bonds. The Kier molecular flexibility index (Phi) is 5.16. The second-order valence-corrected chi connectivity index (χ2v) is 4.54. The summed E-state index contributed by atoms with van der Waals surface area (Å²) in [4.78, 5) is 11.2. The van der Waals surface area contributed by atoms with Crippen molar-refractivity contribution in [2.45, 2.75) is 32.2 Å². The highest BCUT2D eigenvalue weighted by molar-refractivity contribution is 5.70. The molecular formula is C14H21NO3. The van der Waals surface area contributed by atoms with E-state index < -0.39 is 0 Å². The molecule has 4 heteroatoms. The molecule has 0 aliphatic heterocycles. The third-order valence-electron chi connectivity index (χ3n) is 2.92. The van der Waals surface area contributed by atoms with Crippen LogP contribution < -0.4 is 10.5 Å². The molecule has 0 heterocycles. The van der Waals surface area contributed by atoms with E-state index in [9.17, 15) is 4.79 Å². The largest absolute Gasteiger partial charge is 0.496 e. The molecule has 0 saturated heterocycles. The first-order chi connectivity index (χ1) is 8.49. The molecule has 1 atom stereocenters. The lowest BCUT2D eigenvalue weighted by Gasteiger charge is -2.16. The zero-order chi connectivity index (χ0) is 13.7. The molecular weight excluding hydrogens is 230 g/mol. The fourth-order valence-corrected chi connectivity index (χ4v) is 1.82. The summed E-state index contributed by atoms with van der Waals surface area (Å²) < 4.78 is 9.93. The van der Waals surface area contributed by atoms with Crippen LogP contribution in [0.2, 0.25) is 0 Å². The van der Waals surface area contributed by atoms with Gasteiger partial charge < -0.3 is 15.2 Å². The van der Waals surface area contributed by atoms with Crippen molar-refractivity contribution in [3.63, 3.8) is 0 Å². The SMILES string of the molecule is COC(=O)CC(N)c1ccc(OC)c(C(C)C)c1. The third kappa shape index (κ3) is 3.47. The Bertz CT molecular complexity index is 416. The van der Waals surface area contributed by atoms with Crippen molar-refractivity contribution >= 4 is 5.97 Å². The number of rotatable bonds is 5. The molecule has 0 fully saturated rings. The topological polar surface area (TPSA) is 61.5 Å². The molecule has 1 aromatic rings. The summed E-state index contributed by atoms with van der Waals surface area (Å²) >= 11 is 0. The van der Waals surface area contributed by atoms with E-state index in [-0.39, 0.29) is 18.4 Å². The maximum absolute atomic E-state index is 11.2. The highest BCUT2D eigenvalue weighted by Crippen LogP contribution is 2.29. The Hall–Kier alpha value is -1.55. The first-order valence-electron chi connectivity index (χ1n) is 5.99. The number of carbonyl (C=O) groups excluding carboxylic acids is 1. The number of methoxy groups -OCH3 is 2. The van der Waals surface area contributed by atoms with E-state index in [4.69, 9.17) is 10.5 Å². The van der Waals surface area contributed by atoms with Gasteiger partial charge in [-0.15, -0.1) is 0 Å². The van der Waals surface area contributed by atoms with Gasteiger partial charge >= 0.3 is 5.97 Å². The molecule has 0 radical (unpaired) electrons. The number of esters is 1. The van der Waals surface area contributed by atoms with Crippen molar-refractivity contribution in [3.8, 4) is 5.75 Å². The quantitative estimate of drug-likeness (QED) is 0.816. The number of nitrogens with two attached hydrogens (primary N) is 1. The Morgan fingerprint density at radius 2 is 2.00 bits per heavy atom. The van der Waals surface area contributed by atoms with Gasteiger partial charge in [-0.2, -0.15) is 0 Å².